The van der Waals surface area contributed by atoms with E-state index in [1.165, 1.54) is 6.26 Å². The molecule has 2 unspecified atom stereocenters. The van der Waals surface area contributed by atoms with Crippen LogP contribution in [-0.4, -0.2) is 38.6 Å². The SMILES string of the molecule is CCC(C)(CN)CC1CCCN(S(C)(=O)=O)C1. The summed E-state index contributed by atoms with van der Waals surface area (Å²) in [7, 11) is -3.03. The van der Waals surface area contributed by atoms with Gasteiger partial charge in [0.05, 0.1) is 6.26 Å². The Hall–Kier alpha value is -0.130. The fourth-order valence-electron chi connectivity index (χ4n) is 2.56. The molecule has 102 valence electrons. The lowest BCUT2D eigenvalue weighted by Crippen LogP contribution is -2.41. The van der Waals surface area contributed by atoms with Crippen LogP contribution in [0, 0.1) is 11.3 Å². The quantitative estimate of drug-likeness (QED) is 0.815. The largest absolute Gasteiger partial charge is 0.330 e. The van der Waals surface area contributed by atoms with Crippen molar-refractivity contribution in [3.8, 4) is 0 Å². The lowest BCUT2D eigenvalue weighted by molar-refractivity contribution is 0.177. The summed E-state index contributed by atoms with van der Waals surface area (Å²) in [5.74, 6) is 0.465. The molecular formula is C12H26N2O2S. The number of nitrogens with two attached hydrogens (primary N) is 1. The van der Waals surface area contributed by atoms with E-state index in [1.807, 2.05) is 0 Å². The van der Waals surface area contributed by atoms with Crippen LogP contribution in [0.5, 0.6) is 0 Å². The van der Waals surface area contributed by atoms with Crippen LogP contribution >= 0.6 is 0 Å². The molecule has 0 saturated carbocycles. The molecule has 0 aromatic rings. The van der Waals surface area contributed by atoms with Gasteiger partial charge in [-0.25, -0.2) is 12.7 Å². The van der Waals surface area contributed by atoms with E-state index in [0.717, 1.165) is 25.7 Å². The third-order valence-electron chi connectivity index (χ3n) is 4.08. The number of sulfonamides is 1. The number of hydrogen-bond donors (Lipinski definition) is 1. The maximum atomic E-state index is 11.5. The number of rotatable bonds is 5. The third kappa shape index (κ3) is 4.23. The van der Waals surface area contributed by atoms with Crippen LogP contribution in [-0.2, 0) is 10.0 Å². The molecule has 2 N–H and O–H groups in total. The minimum absolute atomic E-state index is 0.158. The first kappa shape index (κ1) is 14.9. The van der Waals surface area contributed by atoms with Gasteiger partial charge in [-0.1, -0.05) is 13.8 Å². The number of hydrogen-bond acceptors (Lipinski definition) is 3. The van der Waals surface area contributed by atoms with E-state index in [2.05, 4.69) is 13.8 Å². The van der Waals surface area contributed by atoms with Crippen LogP contribution in [0.3, 0.4) is 0 Å². The molecule has 0 aromatic carbocycles. The molecule has 0 spiro atoms. The Morgan fingerprint density at radius 2 is 2.12 bits per heavy atom. The maximum absolute atomic E-state index is 11.5. The summed E-state index contributed by atoms with van der Waals surface area (Å²) in [5, 5.41) is 0. The van der Waals surface area contributed by atoms with E-state index in [-0.39, 0.29) is 5.41 Å². The van der Waals surface area contributed by atoms with Crippen LogP contribution in [0.25, 0.3) is 0 Å². The minimum atomic E-state index is -3.03. The molecule has 0 radical (unpaired) electrons. The zero-order valence-corrected chi connectivity index (χ0v) is 12.1. The lowest BCUT2D eigenvalue weighted by Gasteiger charge is -2.36. The van der Waals surface area contributed by atoms with Crippen LogP contribution < -0.4 is 5.73 Å². The molecule has 5 heteroatoms. The highest BCUT2D eigenvalue weighted by Gasteiger charge is 2.31. The molecule has 1 fully saturated rings. The van der Waals surface area contributed by atoms with Gasteiger partial charge in [-0.2, -0.15) is 0 Å². The molecule has 17 heavy (non-hydrogen) atoms. The summed E-state index contributed by atoms with van der Waals surface area (Å²) in [6.45, 7) is 6.39. The molecule has 1 aliphatic heterocycles. The van der Waals surface area contributed by atoms with Crippen molar-refractivity contribution in [2.45, 2.75) is 39.5 Å². The molecule has 0 aliphatic carbocycles. The summed E-state index contributed by atoms with van der Waals surface area (Å²) >= 11 is 0. The first-order valence-corrected chi connectivity index (χ1v) is 8.31. The van der Waals surface area contributed by atoms with Crippen molar-refractivity contribution in [3.63, 3.8) is 0 Å². The van der Waals surface area contributed by atoms with Crippen LogP contribution in [0.2, 0.25) is 0 Å². The molecule has 1 aliphatic rings. The Labute approximate surface area is 106 Å². The predicted molar refractivity (Wildman–Crippen MR) is 71.2 cm³/mol. The summed E-state index contributed by atoms with van der Waals surface area (Å²) < 4.78 is 24.7. The number of piperidine rings is 1. The lowest BCUT2D eigenvalue weighted by atomic mass is 9.77. The molecule has 2 atom stereocenters. The average Bonchev–Trinajstić information content (AvgIpc) is 2.28. The molecule has 0 amide bonds. The fourth-order valence-corrected chi connectivity index (χ4v) is 3.51. The molecular weight excluding hydrogens is 236 g/mol. The van der Waals surface area contributed by atoms with Crippen molar-refractivity contribution in [2.75, 3.05) is 25.9 Å². The highest BCUT2D eigenvalue weighted by Crippen LogP contribution is 2.33. The first-order chi connectivity index (χ1) is 7.80. The summed E-state index contributed by atoms with van der Waals surface area (Å²) in [5.41, 5.74) is 5.98. The van der Waals surface area contributed by atoms with Gasteiger partial charge >= 0.3 is 0 Å². The Morgan fingerprint density at radius 3 is 2.59 bits per heavy atom. The van der Waals surface area contributed by atoms with Crippen LogP contribution in [0.4, 0.5) is 0 Å². The predicted octanol–water partition coefficient (Wildman–Crippen LogP) is 1.42. The van der Waals surface area contributed by atoms with Gasteiger partial charge in [0.15, 0.2) is 0 Å². The summed E-state index contributed by atoms with van der Waals surface area (Å²) in [6, 6.07) is 0. The van der Waals surface area contributed by atoms with Gasteiger partial charge in [0.25, 0.3) is 0 Å². The van der Waals surface area contributed by atoms with E-state index in [1.54, 1.807) is 4.31 Å². The first-order valence-electron chi connectivity index (χ1n) is 6.46. The van der Waals surface area contributed by atoms with E-state index in [9.17, 15) is 8.42 Å². The van der Waals surface area contributed by atoms with E-state index in [4.69, 9.17) is 5.73 Å². The standard InChI is InChI=1S/C12H26N2O2S/c1-4-12(2,10-13)8-11-6-5-7-14(9-11)17(3,15)16/h11H,4-10,13H2,1-3H3. The van der Waals surface area contributed by atoms with Gasteiger partial charge in [-0.3, -0.25) is 0 Å². The summed E-state index contributed by atoms with van der Waals surface area (Å²) in [4.78, 5) is 0. The normalized spacial score (nSPS) is 26.7. The van der Waals surface area contributed by atoms with Gasteiger partial charge in [-0.15, -0.1) is 0 Å². The fraction of sp³-hybridized carbons (Fsp3) is 1.00. The van der Waals surface area contributed by atoms with Crippen molar-refractivity contribution >= 4 is 10.0 Å². The average molecular weight is 262 g/mol. The van der Waals surface area contributed by atoms with Gasteiger partial charge in [0, 0.05) is 13.1 Å². The molecule has 1 heterocycles. The molecule has 0 bridgehead atoms. The second-order valence-electron chi connectivity index (χ2n) is 5.70. The molecule has 0 aromatic heterocycles. The zero-order chi connectivity index (χ0) is 13.1. The van der Waals surface area contributed by atoms with Crippen molar-refractivity contribution in [2.24, 2.45) is 17.1 Å². The van der Waals surface area contributed by atoms with Crippen molar-refractivity contribution in [1.29, 1.82) is 0 Å². The zero-order valence-electron chi connectivity index (χ0n) is 11.3. The second-order valence-corrected chi connectivity index (χ2v) is 7.68. The monoisotopic (exact) mass is 262 g/mol. The molecule has 1 rings (SSSR count). The van der Waals surface area contributed by atoms with Gasteiger partial charge in [0.1, 0.15) is 0 Å². The van der Waals surface area contributed by atoms with E-state index in [0.29, 0.717) is 25.6 Å². The topological polar surface area (TPSA) is 63.4 Å². The smallest absolute Gasteiger partial charge is 0.211 e. The van der Waals surface area contributed by atoms with Crippen molar-refractivity contribution < 1.29 is 8.42 Å². The Kier molecular flexibility index (Phi) is 4.98. The maximum Gasteiger partial charge on any atom is 0.211 e. The van der Waals surface area contributed by atoms with E-state index >= 15 is 0 Å². The Bertz CT molecular complexity index is 336. The Morgan fingerprint density at radius 1 is 1.47 bits per heavy atom. The van der Waals surface area contributed by atoms with Gasteiger partial charge in [-0.05, 0) is 43.6 Å². The Balaban J connectivity index is 2.62. The summed E-state index contributed by atoms with van der Waals surface area (Å²) in [6.07, 6.45) is 5.49. The molecule has 1 saturated heterocycles. The van der Waals surface area contributed by atoms with Crippen LogP contribution in [0.15, 0.2) is 0 Å². The highest BCUT2D eigenvalue weighted by molar-refractivity contribution is 7.88. The van der Waals surface area contributed by atoms with Crippen molar-refractivity contribution in [3.05, 3.63) is 0 Å². The van der Waals surface area contributed by atoms with Crippen molar-refractivity contribution in [1.82, 2.24) is 4.31 Å². The minimum Gasteiger partial charge on any atom is -0.330 e. The number of nitrogens with zero attached hydrogens (tertiary/aromatic N) is 1. The van der Waals surface area contributed by atoms with E-state index < -0.39 is 10.0 Å². The highest BCUT2D eigenvalue weighted by atomic mass is 32.2. The van der Waals surface area contributed by atoms with Gasteiger partial charge in [0.2, 0.25) is 10.0 Å². The van der Waals surface area contributed by atoms with Gasteiger partial charge < -0.3 is 5.73 Å². The molecule has 4 nitrogen and oxygen atoms in total. The second kappa shape index (κ2) is 5.67. The van der Waals surface area contributed by atoms with Crippen LogP contribution in [0.1, 0.15) is 39.5 Å². The third-order valence-corrected chi connectivity index (χ3v) is 5.35.